The van der Waals surface area contributed by atoms with Gasteiger partial charge in [0.1, 0.15) is 12.1 Å². The summed E-state index contributed by atoms with van der Waals surface area (Å²) in [6, 6.07) is -1.62. The molecule has 1 rings (SSSR count). The first-order valence-corrected chi connectivity index (χ1v) is 3.40. The van der Waals surface area contributed by atoms with Crippen LogP contribution in [0.2, 0.25) is 0 Å². The molecule has 0 bridgehead atoms. The molecular formula is C6H6F3NO3. The highest BCUT2D eigenvalue weighted by atomic mass is 19.4. The van der Waals surface area contributed by atoms with E-state index in [2.05, 4.69) is 4.74 Å². The molecule has 1 aliphatic heterocycles. The lowest BCUT2D eigenvalue weighted by Crippen LogP contribution is -2.45. The van der Waals surface area contributed by atoms with Crippen LogP contribution in [0.1, 0.15) is 6.92 Å². The number of nitrogens with one attached hydrogen (secondary N) is 1. The van der Waals surface area contributed by atoms with Gasteiger partial charge in [-0.2, -0.15) is 13.2 Å². The summed E-state index contributed by atoms with van der Waals surface area (Å²) < 4.78 is 39.9. The van der Waals surface area contributed by atoms with Crippen molar-refractivity contribution in [1.82, 2.24) is 5.32 Å². The molecule has 0 aromatic rings. The second-order valence-electron chi connectivity index (χ2n) is 2.59. The van der Waals surface area contributed by atoms with E-state index >= 15 is 0 Å². The predicted octanol–water partition coefficient (Wildman–Crippen LogP) is 0.615. The van der Waals surface area contributed by atoms with E-state index in [9.17, 15) is 22.8 Å². The molecule has 1 heterocycles. The minimum absolute atomic E-state index is 1.00. The number of cyclic esters (lactones) is 1. The average Bonchev–Trinajstić information content (AvgIpc) is 2.26. The molecule has 74 valence electrons. The van der Waals surface area contributed by atoms with Gasteiger partial charge in [0.2, 0.25) is 0 Å². The summed E-state index contributed by atoms with van der Waals surface area (Å²) in [7, 11) is 0. The highest BCUT2D eigenvalue weighted by molar-refractivity contribution is 5.93. The quantitative estimate of drug-likeness (QED) is 0.670. The Balaban J connectivity index is 2.74. The molecule has 1 N–H and O–H groups in total. The Kier molecular flexibility index (Phi) is 2.19. The lowest BCUT2D eigenvalue weighted by molar-refractivity contribution is -0.173. The molecule has 0 radical (unpaired) electrons. The second-order valence-corrected chi connectivity index (χ2v) is 2.59. The fourth-order valence-electron chi connectivity index (χ4n) is 0.970. The number of Topliss-reactive ketones (excluding diaryl/α,β-unsaturated/α-hetero) is 1. The van der Waals surface area contributed by atoms with Gasteiger partial charge in [-0.05, 0) is 6.92 Å². The van der Waals surface area contributed by atoms with E-state index in [-0.39, 0.29) is 0 Å². The minimum Gasteiger partial charge on any atom is -0.444 e. The fourth-order valence-corrected chi connectivity index (χ4v) is 0.970. The third-order valence-electron chi connectivity index (χ3n) is 1.60. The summed E-state index contributed by atoms with van der Waals surface area (Å²) in [4.78, 5) is 21.0. The van der Waals surface area contributed by atoms with Gasteiger partial charge in [-0.1, -0.05) is 0 Å². The summed E-state index contributed by atoms with van der Waals surface area (Å²) in [5, 5.41) is 1.78. The van der Waals surface area contributed by atoms with E-state index in [4.69, 9.17) is 0 Å². The molecule has 1 unspecified atom stereocenters. The maximum absolute atomic E-state index is 11.8. The number of carbonyl (C=O) groups is 2. The maximum Gasteiger partial charge on any atom is 0.452 e. The number of hydrogen-bond acceptors (Lipinski definition) is 3. The number of ether oxygens (including phenoxy) is 1. The molecule has 7 heteroatoms. The Morgan fingerprint density at radius 2 is 2.08 bits per heavy atom. The van der Waals surface area contributed by atoms with Crippen molar-refractivity contribution in [1.29, 1.82) is 0 Å². The first-order valence-electron chi connectivity index (χ1n) is 3.40. The highest BCUT2D eigenvalue weighted by Gasteiger charge is 2.49. The van der Waals surface area contributed by atoms with Crippen molar-refractivity contribution in [2.24, 2.45) is 0 Å². The monoisotopic (exact) mass is 197 g/mol. The van der Waals surface area contributed by atoms with Crippen LogP contribution in [0.25, 0.3) is 0 Å². The first kappa shape index (κ1) is 9.82. The molecule has 1 fully saturated rings. The van der Waals surface area contributed by atoms with Crippen LogP contribution in [0.4, 0.5) is 18.0 Å². The molecular weight excluding hydrogens is 191 g/mol. The zero-order valence-electron chi connectivity index (χ0n) is 6.51. The van der Waals surface area contributed by atoms with Crippen molar-refractivity contribution in [3.63, 3.8) is 0 Å². The van der Waals surface area contributed by atoms with E-state index in [0.717, 1.165) is 0 Å². The van der Waals surface area contributed by atoms with Gasteiger partial charge in [-0.3, -0.25) is 4.79 Å². The summed E-state index contributed by atoms with van der Waals surface area (Å²) >= 11 is 0. The lowest BCUT2D eigenvalue weighted by atomic mass is 10.1. The molecule has 13 heavy (non-hydrogen) atoms. The number of ketones is 1. The smallest absolute Gasteiger partial charge is 0.444 e. The molecule has 1 aliphatic rings. The number of amides is 1. The molecule has 0 aromatic heterocycles. The Morgan fingerprint density at radius 1 is 1.54 bits per heavy atom. The van der Waals surface area contributed by atoms with Crippen LogP contribution < -0.4 is 5.32 Å². The molecule has 4 nitrogen and oxygen atoms in total. The number of hydrogen-bond donors (Lipinski definition) is 1. The third-order valence-corrected chi connectivity index (χ3v) is 1.60. The SMILES string of the molecule is C[C@H]1OC(=O)NC1C(=O)C(F)(F)F. The highest BCUT2D eigenvalue weighted by Crippen LogP contribution is 2.22. The maximum atomic E-state index is 11.8. The topological polar surface area (TPSA) is 55.4 Å². The van der Waals surface area contributed by atoms with Crippen LogP contribution in [0.5, 0.6) is 0 Å². The van der Waals surface area contributed by atoms with Gasteiger partial charge in [0.15, 0.2) is 0 Å². The van der Waals surface area contributed by atoms with Gasteiger partial charge < -0.3 is 10.1 Å². The fraction of sp³-hybridized carbons (Fsp3) is 0.667. The predicted molar refractivity (Wildman–Crippen MR) is 33.9 cm³/mol. The van der Waals surface area contributed by atoms with E-state index in [1.165, 1.54) is 6.92 Å². The van der Waals surface area contributed by atoms with Crippen LogP contribution >= 0.6 is 0 Å². The summed E-state index contributed by atoms with van der Waals surface area (Å²) in [5.74, 6) is -1.99. The molecule has 0 spiro atoms. The lowest BCUT2D eigenvalue weighted by Gasteiger charge is -2.12. The van der Waals surface area contributed by atoms with Crippen molar-refractivity contribution in [3.8, 4) is 0 Å². The molecule has 0 aliphatic carbocycles. The van der Waals surface area contributed by atoms with Crippen molar-refractivity contribution in [2.45, 2.75) is 25.2 Å². The molecule has 0 aromatic carbocycles. The minimum atomic E-state index is -4.94. The van der Waals surface area contributed by atoms with Gasteiger partial charge in [-0.15, -0.1) is 0 Å². The van der Waals surface area contributed by atoms with Crippen molar-refractivity contribution >= 4 is 11.9 Å². The zero-order valence-corrected chi connectivity index (χ0v) is 6.51. The Morgan fingerprint density at radius 3 is 2.38 bits per heavy atom. The van der Waals surface area contributed by atoms with E-state index in [1.807, 2.05) is 0 Å². The molecule has 1 amide bonds. The second kappa shape index (κ2) is 2.90. The van der Waals surface area contributed by atoms with E-state index in [1.54, 1.807) is 5.32 Å². The summed E-state index contributed by atoms with van der Waals surface area (Å²) in [6.45, 7) is 1.21. The summed E-state index contributed by atoms with van der Waals surface area (Å²) in [6.07, 6.45) is -7.03. The number of alkyl carbamates (subject to hydrolysis) is 1. The van der Waals surface area contributed by atoms with Gasteiger partial charge in [-0.25, -0.2) is 4.79 Å². The zero-order chi connectivity index (χ0) is 10.2. The van der Waals surface area contributed by atoms with Crippen molar-refractivity contribution in [2.75, 3.05) is 0 Å². The number of alkyl halides is 3. The summed E-state index contributed by atoms with van der Waals surface area (Å²) in [5.41, 5.74) is 0. The number of rotatable bonds is 1. The average molecular weight is 197 g/mol. The molecule has 0 saturated carbocycles. The van der Waals surface area contributed by atoms with Gasteiger partial charge in [0, 0.05) is 0 Å². The van der Waals surface area contributed by atoms with Crippen LogP contribution in [-0.4, -0.2) is 30.2 Å². The number of carbonyl (C=O) groups excluding carboxylic acids is 2. The largest absolute Gasteiger partial charge is 0.452 e. The van der Waals surface area contributed by atoms with E-state index < -0.39 is 30.2 Å². The van der Waals surface area contributed by atoms with E-state index in [0.29, 0.717) is 0 Å². The van der Waals surface area contributed by atoms with Crippen LogP contribution in [0.15, 0.2) is 0 Å². The first-order chi connectivity index (χ1) is 5.82. The molecule has 2 atom stereocenters. The van der Waals surface area contributed by atoms with Crippen molar-refractivity contribution in [3.05, 3.63) is 0 Å². The standard InChI is InChI=1S/C6H6F3NO3/c1-2-3(10-5(12)13-2)4(11)6(7,8)9/h2-3H,1H3,(H,10,12)/t2-,3?/m1/s1. The normalized spacial score (nSPS) is 28.2. The van der Waals surface area contributed by atoms with Crippen LogP contribution in [-0.2, 0) is 9.53 Å². The molecule has 1 saturated heterocycles. The van der Waals surface area contributed by atoms with Crippen LogP contribution in [0.3, 0.4) is 0 Å². The van der Waals surface area contributed by atoms with Crippen LogP contribution in [0, 0.1) is 0 Å². The number of halogens is 3. The van der Waals surface area contributed by atoms with Gasteiger partial charge in [0.05, 0.1) is 0 Å². The Hall–Kier alpha value is -1.27. The van der Waals surface area contributed by atoms with Crippen molar-refractivity contribution < 1.29 is 27.5 Å². The third kappa shape index (κ3) is 1.90. The van der Waals surface area contributed by atoms with Gasteiger partial charge >= 0.3 is 12.3 Å². The Bertz CT molecular complexity index is 250. The Labute approximate surface area is 71.0 Å². The van der Waals surface area contributed by atoms with Gasteiger partial charge in [0.25, 0.3) is 5.78 Å².